The van der Waals surface area contributed by atoms with Gasteiger partial charge in [0.1, 0.15) is 0 Å². The monoisotopic (exact) mass is 402 g/mol. The van der Waals surface area contributed by atoms with E-state index < -0.39 is 0 Å². The molecule has 0 amide bonds. The maximum Gasteiger partial charge on any atom is 0.0188 e. The van der Waals surface area contributed by atoms with E-state index in [1.165, 1.54) is 33.4 Å². The minimum atomic E-state index is 1.03. The third-order valence-electron chi connectivity index (χ3n) is 4.47. The van der Waals surface area contributed by atoms with Gasteiger partial charge in [-0.3, -0.25) is 0 Å². The summed E-state index contributed by atoms with van der Waals surface area (Å²) in [5.74, 6) is 4.15. The Morgan fingerprint density at radius 1 is 0.536 bits per heavy atom. The van der Waals surface area contributed by atoms with Crippen molar-refractivity contribution in [2.24, 2.45) is 0 Å². The van der Waals surface area contributed by atoms with E-state index in [1.807, 2.05) is 35.7 Å². The first kappa shape index (κ1) is 20.6. The fourth-order valence-electron chi connectivity index (χ4n) is 2.94. The molecule has 0 aliphatic rings. The Balaban J connectivity index is 1.46. The summed E-state index contributed by atoms with van der Waals surface area (Å²) < 4.78 is 0. The first-order chi connectivity index (χ1) is 13.8. The zero-order chi connectivity index (χ0) is 19.6. The lowest BCUT2D eigenvalue weighted by Crippen LogP contribution is -1.88. The molecular formula is C26H26S2. The molecule has 0 radical (unpaired) electrons. The zero-order valence-corrected chi connectivity index (χ0v) is 17.8. The van der Waals surface area contributed by atoms with Crippen LogP contribution in [-0.2, 0) is 23.0 Å². The first-order valence-corrected chi connectivity index (χ1v) is 11.7. The van der Waals surface area contributed by atoms with Crippen molar-refractivity contribution in [3.8, 4) is 0 Å². The third-order valence-corrected chi connectivity index (χ3v) is 6.62. The summed E-state index contributed by atoms with van der Waals surface area (Å²) in [6.45, 7) is 7.65. The van der Waals surface area contributed by atoms with E-state index in [1.54, 1.807) is 0 Å². The average molecular weight is 403 g/mol. The first-order valence-electron chi connectivity index (χ1n) is 9.43. The number of hydrogen-bond acceptors (Lipinski definition) is 2. The molecule has 0 bridgehead atoms. The lowest BCUT2D eigenvalue weighted by atomic mass is 10.1. The second kappa shape index (κ2) is 11.0. The second-order valence-electron chi connectivity index (χ2n) is 6.70. The van der Waals surface area contributed by atoms with Crippen molar-refractivity contribution in [1.29, 1.82) is 0 Å². The molecule has 0 spiro atoms. The van der Waals surface area contributed by atoms with Gasteiger partial charge in [0.2, 0.25) is 0 Å². The van der Waals surface area contributed by atoms with Crippen LogP contribution in [0, 0.1) is 0 Å². The van der Waals surface area contributed by atoms with Gasteiger partial charge < -0.3 is 0 Å². The van der Waals surface area contributed by atoms with Crippen LogP contribution in [0.5, 0.6) is 0 Å². The minimum Gasteiger partial charge on any atom is -0.152 e. The Bertz CT molecular complexity index is 910. The summed E-state index contributed by atoms with van der Waals surface area (Å²) in [7, 11) is 0. The topological polar surface area (TPSA) is 0 Å². The molecule has 0 fully saturated rings. The highest BCUT2D eigenvalue weighted by molar-refractivity contribution is 7.98. The van der Waals surface area contributed by atoms with Crippen molar-refractivity contribution in [2.75, 3.05) is 0 Å². The van der Waals surface area contributed by atoms with Gasteiger partial charge in [-0.25, -0.2) is 0 Å². The summed E-state index contributed by atoms with van der Waals surface area (Å²) in [6, 6.07) is 26.2. The highest BCUT2D eigenvalue weighted by Gasteiger charge is 2.00. The summed E-state index contributed by atoms with van der Waals surface area (Å²) in [5, 5.41) is 0. The fourth-order valence-corrected chi connectivity index (χ4v) is 4.82. The van der Waals surface area contributed by atoms with E-state index in [2.05, 4.69) is 86.0 Å². The molecule has 2 heteroatoms. The second-order valence-corrected chi connectivity index (χ2v) is 8.67. The van der Waals surface area contributed by atoms with Crippen LogP contribution >= 0.6 is 23.5 Å². The lowest BCUT2D eigenvalue weighted by Gasteiger charge is -2.07. The Kier molecular flexibility index (Phi) is 8.07. The molecule has 3 aromatic carbocycles. The van der Waals surface area contributed by atoms with Crippen LogP contribution in [0.15, 0.2) is 86.0 Å². The van der Waals surface area contributed by atoms with E-state index in [0.29, 0.717) is 0 Å². The van der Waals surface area contributed by atoms with Crippen LogP contribution in [0.4, 0.5) is 0 Å². The maximum absolute atomic E-state index is 3.85. The van der Waals surface area contributed by atoms with Gasteiger partial charge in [0.05, 0.1) is 0 Å². The third kappa shape index (κ3) is 6.47. The Hall–Kier alpha value is -2.16. The Morgan fingerprint density at radius 3 is 1.61 bits per heavy atom. The van der Waals surface area contributed by atoms with Gasteiger partial charge in [-0.15, -0.1) is 0 Å². The van der Waals surface area contributed by atoms with E-state index in [0.717, 1.165) is 23.0 Å². The van der Waals surface area contributed by atoms with Gasteiger partial charge in [0.15, 0.2) is 0 Å². The molecule has 0 saturated carbocycles. The van der Waals surface area contributed by atoms with Gasteiger partial charge in [0.25, 0.3) is 0 Å². The number of benzene rings is 3. The maximum atomic E-state index is 3.85. The Labute approximate surface area is 177 Å². The average Bonchev–Trinajstić information content (AvgIpc) is 2.75. The van der Waals surface area contributed by atoms with Gasteiger partial charge in [-0.2, -0.15) is 23.5 Å². The molecular weight excluding hydrogens is 376 g/mol. The van der Waals surface area contributed by atoms with Crippen molar-refractivity contribution in [1.82, 2.24) is 0 Å². The summed E-state index contributed by atoms with van der Waals surface area (Å²) >= 11 is 3.93. The van der Waals surface area contributed by atoms with Gasteiger partial charge in [0, 0.05) is 23.0 Å². The van der Waals surface area contributed by atoms with Crippen molar-refractivity contribution >= 4 is 35.7 Å². The molecule has 0 aromatic heterocycles. The normalized spacial score (nSPS) is 10.6. The van der Waals surface area contributed by atoms with Gasteiger partial charge in [-0.05, 0) is 33.4 Å². The summed E-state index contributed by atoms with van der Waals surface area (Å²) in [6.07, 6.45) is 3.79. The molecule has 3 aromatic rings. The van der Waals surface area contributed by atoms with Crippen molar-refractivity contribution in [2.45, 2.75) is 23.0 Å². The van der Waals surface area contributed by atoms with Crippen LogP contribution in [0.3, 0.4) is 0 Å². The van der Waals surface area contributed by atoms with Crippen LogP contribution < -0.4 is 0 Å². The van der Waals surface area contributed by atoms with E-state index in [4.69, 9.17) is 0 Å². The van der Waals surface area contributed by atoms with Crippen LogP contribution in [0.2, 0.25) is 0 Å². The molecule has 0 aliphatic heterocycles. The number of thioether (sulfide) groups is 2. The zero-order valence-electron chi connectivity index (χ0n) is 16.1. The predicted molar refractivity (Wildman–Crippen MR) is 130 cm³/mol. The highest BCUT2D eigenvalue weighted by atomic mass is 32.2. The smallest absolute Gasteiger partial charge is 0.0188 e. The SMILES string of the molecule is C=Cc1ccc(CSCc2cccc(CSCc3cccc(C=C)c3)c2)cc1. The predicted octanol–water partition coefficient (Wildman–Crippen LogP) is 7.84. The molecule has 0 N–H and O–H groups in total. The van der Waals surface area contributed by atoms with E-state index in [9.17, 15) is 0 Å². The minimum absolute atomic E-state index is 1.03. The molecule has 0 atom stereocenters. The molecule has 3 rings (SSSR count). The van der Waals surface area contributed by atoms with Crippen LogP contribution in [0.1, 0.15) is 33.4 Å². The lowest BCUT2D eigenvalue weighted by molar-refractivity contribution is 1.31. The summed E-state index contributed by atoms with van der Waals surface area (Å²) in [4.78, 5) is 0. The van der Waals surface area contributed by atoms with Crippen LogP contribution in [0.25, 0.3) is 12.2 Å². The molecule has 0 saturated heterocycles. The largest absolute Gasteiger partial charge is 0.152 e. The molecule has 0 aliphatic carbocycles. The quantitative estimate of drug-likeness (QED) is 0.339. The van der Waals surface area contributed by atoms with Crippen molar-refractivity contribution < 1.29 is 0 Å². The molecule has 28 heavy (non-hydrogen) atoms. The number of rotatable bonds is 10. The summed E-state index contributed by atoms with van der Waals surface area (Å²) in [5.41, 5.74) is 7.89. The Morgan fingerprint density at radius 2 is 1.04 bits per heavy atom. The standard InChI is InChI=1S/C26H26S2/c1-3-21-11-13-23(14-12-21)17-27-19-25-9-6-10-26(16-25)20-28-18-24-8-5-7-22(4-2)15-24/h3-16H,1-2,17-20H2. The van der Waals surface area contributed by atoms with Crippen LogP contribution in [-0.4, -0.2) is 0 Å². The molecule has 0 unspecified atom stereocenters. The van der Waals surface area contributed by atoms with E-state index >= 15 is 0 Å². The van der Waals surface area contributed by atoms with Gasteiger partial charge >= 0.3 is 0 Å². The number of hydrogen-bond donors (Lipinski definition) is 0. The molecule has 142 valence electrons. The molecule has 0 heterocycles. The van der Waals surface area contributed by atoms with E-state index in [-0.39, 0.29) is 0 Å². The molecule has 0 nitrogen and oxygen atoms in total. The van der Waals surface area contributed by atoms with Crippen molar-refractivity contribution in [3.63, 3.8) is 0 Å². The highest BCUT2D eigenvalue weighted by Crippen LogP contribution is 2.22. The fraction of sp³-hybridized carbons (Fsp3) is 0.154. The van der Waals surface area contributed by atoms with Gasteiger partial charge in [-0.1, -0.05) is 98.1 Å². The van der Waals surface area contributed by atoms with Crippen molar-refractivity contribution in [3.05, 3.63) is 119 Å².